The fourth-order valence-corrected chi connectivity index (χ4v) is 3.71. The second kappa shape index (κ2) is 11.0. The van der Waals surface area contributed by atoms with Crippen LogP contribution in [0.4, 0.5) is 0 Å². The van der Waals surface area contributed by atoms with E-state index in [-0.39, 0.29) is 24.1 Å². The molecule has 2 aromatic heterocycles. The van der Waals surface area contributed by atoms with Crippen LogP contribution < -0.4 is 5.32 Å². The zero-order valence-corrected chi connectivity index (χ0v) is 19.0. The zero-order valence-electron chi connectivity index (χ0n) is 19.0. The van der Waals surface area contributed by atoms with Crippen LogP contribution in [0.1, 0.15) is 38.8 Å². The third kappa shape index (κ3) is 5.72. The smallest absolute Gasteiger partial charge is 0.273 e. The highest BCUT2D eigenvalue weighted by Gasteiger charge is 2.32. The van der Waals surface area contributed by atoms with Gasteiger partial charge < -0.3 is 10.2 Å². The summed E-state index contributed by atoms with van der Waals surface area (Å²) in [6.07, 6.45) is 4.96. The molecule has 0 radical (unpaired) electrons. The predicted molar refractivity (Wildman–Crippen MR) is 131 cm³/mol. The van der Waals surface area contributed by atoms with E-state index in [1.54, 1.807) is 41.7 Å². The summed E-state index contributed by atoms with van der Waals surface area (Å²) in [6.45, 7) is 2.56. The van der Waals surface area contributed by atoms with Gasteiger partial charge in [-0.25, -0.2) is 0 Å². The van der Waals surface area contributed by atoms with Gasteiger partial charge in [0, 0.05) is 31.7 Å². The van der Waals surface area contributed by atoms with E-state index < -0.39 is 6.04 Å². The monoisotopic (exact) mass is 450 g/mol. The summed E-state index contributed by atoms with van der Waals surface area (Å²) in [5, 5.41) is 3.02. The second-order valence-corrected chi connectivity index (χ2v) is 8.03. The van der Waals surface area contributed by atoms with Gasteiger partial charge in [0.1, 0.15) is 11.7 Å². The number of carbonyl (C=O) groups is 2. The summed E-state index contributed by atoms with van der Waals surface area (Å²) in [6, 6.07) is 25.4. The Balaban J connectivity index is 1.72. The molecular formula is C28H26N4O2. The molecule has 2 amide bonds. The number of amides is 2. The van der Waals surface area contributed by atoms with E-state index in [1.807, 2.05) is 73.7 Å². The van der Waals surface area contributed by atoms with E-state index in [4.69, 9.17) is 0 Å². The van der Waals surface area contributed by atoms with Gasteiger partial charge in [-0.3, -0.25) is 19.6 Å². The first kappa shape index (κ1) is 22.9. The molecule has 0 aliphatic carbocycles. The van der Waals surface area contributed by atoms with Gasteiger partial charge in [0.25, 0.3) is 5.91 Å². The van der Waals surface area contributed by atoms with Crippen molar-refractivity contribution in [1.29, 1.82) is 0 Å². The third-order valence-electron chi connectivity index (χ3n) is 5.48. The minimum absolute atomic E-state index is 0.209. The molecule has 6 nitrogen and oxygen atoms in total. The van der Waals surface area contributed by atoms with Gasteiger partial charge in [-0.05, 0) is 41.8 Å². The van der Waals surface area contributed by atoms with Crippen molar-refractivity contribution in [3.63, 3.8) is 0 Å². The van der Waals surface area contributed by atoms with Gasteiger partial charge in [-0.2, -0.15) is 0 Å². The first-order valence-electron chi connectivity index (χ1n) is 11.1. The first-order valence-corrected chi connectivity index (χ1v) is 11.1. The van der Waals surface area contributed by atoms with Gasteiger partial charge in [-0.1, -0.05) is 72.3 Å². The van der Waals surface area contributed by atoms with Gasteiger partial charge in [0.15, 0.2) is 0 Å². The fourth-order valence-electron chi connectivity index (χ4n) is 3.71. The summed E-state index contributed by atoms with van der Waals surface area (Å²) in [7, 11) is 0. The molecule has 2 heterocycles. The van der Waals surface area contributed by atoms with Crippen molar-refractivity contribution in [2.24, 2.45) is 0 Å². The molecule has 4 aromatic rings. The molecule has 6 heteroatoms. The van der Waals surface area contributed by atoms with E-state index in [1.165, 1.54) is 0 Å². The van der Waals surface area contributed by atoms with Crippen LogP contribution in [0, 0.1) is 6.92 Å². The number of aromatic nitrogens is 2. The van der Waals surface area contributed by atoms with Crippen molar-refractivity contribution in [3.8, 4) is 0 Å². The summed E-state index contributed by atoms with van der Waals surface area (Å²) in [4.78, 5) is 37.3. The highest BCUT2D eigenvalue weighted by molar-refractivity contribution is 5.96. The Morgan fingerprint density at radius 2 is 1.59 bits per heavy atom. The maximum atomic E-state index is 13.7. The lowest BCUT2D eigenvalue weighted by molar-refractivity contribution is -0.126. The van der Waals surface area contributed by atoms with Crippen molar-refractivity contribution in [3.05, 3.63) is 131 Å². The number of aryl methyl sites for hydroxylation is 1. The van der Waals surface area contributed by atoms with E-state index in [0.717, 1.165) is 22.3 Å². The molecule has 1 N–H and O–H groups in total. The van der Waals surface area contributed by atoms with Crippen LogP contribution in [0.25, 0.3) is 0 Å². The lowest BCUT2D eigenvalue weighted by Crippen LogP contribution is -2.43. The zero-order chi connectivity index (χ0) is 23.8. The molecule has 2 aromatic carbocycles. The lowest BCUT2D eigenvalue weighted by Gasteiger charge is -2.31. The van der Waals surface area contributed by atoms with Crippen LogP contribution in [-0.4, -0.2) is 26.7 Å². The molecule has 4 rings (SSSR count). The van der Waals surface area contributed by atoms with Crippen molar-refractivity contribution in [2.45, 2.75) is 26.1 Å². The summed E-state index contributed by atoms with van der Waals surface area (Å²) < 4.78 is 0. The molecule has 0 unspecified atom stereocenters. The number of pyridine rings is 2. The summed E-state index contributed by atoms with van der Waals surface area (Å²) >= 11 is 0. The van der Waals surface area contributed by atoms with Crippen molar-refractivity contribution >= 4 is 11.8 Å². The van der Waals surface area contributed by atoms with Gasteiger partial charge in [0.2, 0.25) is 5.91 Å². The topological polar surface area (TPSA) is 75.2 Å². The van der Waals surface area contributed by atoms with Crippen LogP contribution in [0.3, 0.4) is 0 Å². The fraction of sp³-hybridized carbons (Fsp3) is 0.143. The Labute approximate surface area is 199 Å². The van der Waals surface area contributed by atoms with Crippen molar-refractivity contribution in [2.75, 3.05) is 0 Å². The molecule has 0 fully saturated rings. The third-order valence-corrected chi connectivity index (χ3v) is 5.48. The lowest BCUT2D eigenvalue weighted by atomic mass is 10.0. The normalized spacial score (nSPS) is 11.4. The average Bonchev–Trinajstić information content (AvgIpc) is 2.89. The number of carbonyl (C=O) groups excluding carboxylic acids is 2. The summed E-state index contributed by atoms with van der Waals surface area (Å²) in [5.41, 5.74) is 3.87. The van der Waals surface area contributed by atoms with E-state index in [9.17, 15) is 9.59 Å². The average molecular weight is 451 g/mol. The molecule has 0 spiro atoms. The number of nitrogens with one attached hydrogen (secondary N) is 1. The first-order chi connectivity index (χ1) is 16.6. The van der Waals surface area contributed by atoms with Gasteiger partial charge >= 0.3 is 0 Å². The summed E-state index contributed by atoms with van der Waals surface area (Å²) in [5.74, 6) is -0.592. The number of rotatable bonds is 8. The number of hydrogen-bond acceptors (Lipinski definition) is 4. The molecule has 170 valence electrons. The molecule has 0 saturated heterocycles. The predicted octanol–water partition coefficient (Wildman–Crippen LogP) is 4.49. The molecule has 0 aliphatic heterocycles. The van der Waals surface area contributed by atoms with E-state index in [2.05, 4.69) is 15.3 Å². The molecular weight excluding hydrogens is 424 g/mol. The van der Waals surface area contributed by atoms with Crippen LogP contribution in [0.15, 0.2) is 104 Å². The van der Waals surface area contributed by atoms with E-state index >= 15 is 0 Å². The SMILES string of the molecule is Cc1ccc([C@@H](C(=O)NCc2ccccc2)N(Cc2cccnc2)C(=O)c2ccccn2)cc1. The quantitative estimate of drug-likeness (QED) is 0.429. The van der Waals surface area contributed by atoms with Crippen LogP contribution in [0.2, 0.25) is 0 Å². The standard InChI is InChI=1S/C28H26N4O2/c1-21-12-14-24(15-13-21)26(27(33)31-19-22-8-3-2-4-9-22)32(20-23-10-7-16-29-18-23)28(34)25-11-5-6-17-30-25/h2-18,26H,19-20H2,1H3,(H,31,33)/t26-/m0/s1. The van der Waals surface area contributed by atoms with Crippen molar-refractivity contribution in [1.82, 2.24) is 20.2 Å². The van der Waals surface area contributed by atoms with Crippen LogP contribution in [-0.2, 0) is 17.9 Å². The number of benzene rings is 2. The largest absolute Gasteiger partial charge is 0.350 e. The second-order valence-electron chi connectivity index (χ2n) is 8.03. The Bertz CT molecular complexity index is 1210. The minimum atomic E-state index is -0.848. The molecule has 0 saturated carbocycles. The van der Waals surface area contributed by atoms with E-state index in [0.29, 0.717) is 6.54 Å². The number of hydrogen-bond donors (Lipinski definition) is 1. The maximum Gasteiger partial charge on any atom is 0.273 e. The highest BCUT2D eigenvalue weighted by Crippen LogP contribution is 2.26. The van der Waals surface area contributed by atoms with Gasteiger partial charge in [-0.15, -0.1) is 0 Å². The number of nitrogens with zero attached hydrogens (tertiary/aromatic N) is 3. The van der Waals surface area contributed by atoms with Crippen molar-refractivity contribution < 1.29 is 9.59 Å². The Kier molecular flexibility index (Phi) is 7.40. The van der Waals surface area contributed by atoms with Crippen LogP contribution >= 0.6 is 0 Å². The Morgan fingerprint density at radius 1 is 0.853 bits per heavy atom. The Hall–Kier alpha value is -4.32. The molecule has 0 bridgehead atoms. The Morgan fingerprint density at radius 3 is 2.26 bits per heavy atom. The molecule has 34 heavy (non-hydrogen) atoms. The minimum Gasteiger partial charge on any atom is -0.350 e. The molecule has 1 atom stereocenters. The van der Waals surface area contributed by atoms with Crippen LogP contribution in [0.5, 0.6) is 0 Å². The van der Waals surface area contributed by atoms with Gasteiger partial charge in [0.05, 0.1) is 0 Å². The highest BCUT2D eigenvalue weighted by atomic mass is 16.2. The maximum absolute atomic E-state index is 13.7. The molecule has 0 aliphatic rings.